The molecule has 0 bridgehead atoms. The van der Waals surface area contributed by atoms with Gasteiger partial charge in [0.05, 0.1) is 10.6 Å². The Labute approximate surface area is 156 Å². The second-order valence-electron chi connectivity index (χ2n) is 6.41. The maximum Gasteiger partial charge on any atom is 0.323 e. The SMILES string of the molecule is O=C1N=C(c2cccs2)C=CC1C(=O)OCC(=O)N1CCCCCCC1. The Bertz CT molecular complexity index is 716. The van der Waals surface area contributed by atoms with Crippen LogP contribution in [0.4, 0.5) is 0 Å². The zero-order valence-corrected chi connectivity index (χ0v) is 15.4. The summed E-state index contributed by atoms with van der Waals surface area (Å²) in [5.74, 6) is -2.55. The van der Waals surface area contributed by atoms with E-state index < -0.39 is 17.8 Å². The van der Waals surface area contributed by atoms with E-state index in [1.165, 1.54) is 23.8 Å². The van der Waals surface area contributed by atoms with Gasteiger partial charge in [0.2, 0.25) is 0 Å². The maximum atomic E-state index is 12.3. The lowest BCUT2D eigenvalue weighted by Gasteiger charge is -2.24. The van der Waals surface area contributed by atoms with Gasteiger partial charge in [0.15, 0.2) is 12.5 Å². The van der Waals surface area contributed by atoms with Gasteiger partial charge in [-0.1, -0.05) is 31.4 Å². The third kappa shape index (κ3) is 4.66. The maximum absolute atomic E-state index is 12.3. The molecular formula is C19H22N2O4S. The quantitative estimate of drug-likeness (QED) is 0.600. The predicted octanol–water partition coefficient (Wildman–Crippen LogP) is 2.59. The molecule has 1 aromatic heterocycles. The predicted molar refractivity (Wildman–Crippen MR) is 99.1 cm³/mol. The number of hydrogen-bond donors (Lipinski definition) is 0. The number of carbonyl (C=O) groups is 3. The highest BCUT2D eigenvalue weighted by atomic mass is 32.1. The molecule has 1 fully saturated rings. The molecule has 2 amide bonds. The number of likely N-dealkylation sites (tertiary alicyclic amines) is 1. The lowest BCUT2D eigenvalue weighted by molar-refractivity contribution is -0.156. The summed E-state index contributed by atoms with van der Waals surface area (Å²) in [4.78, 5) is 43.2. The van der Waals surface area contributed by atoms with Crippen molar-refractivity contribution in [3.63, 3.8) is 0 Å². The summed E-state index contributed by atoms with van der Waals surface area (Å²) in [6.45, 7) is 1.08. The molecule has 26 heavy (non-hydrogen) atoms. The standard InChI is InChI=1S/C19H22N2O4S/c22-17(21-10-4-2-1-3-5-11-21)13-25-19(24)14-8-9-15(20-18(14)23)16-7-6-12-26-16/h6-9,12,14H,1-5,10-11,13H2. The van der Waals surface area contributed by atoms with E-state index >= 15 is 0 Å². The molecule has 3 heterocycles. The van der Waals surface area contributed by atoms with E-state index in [4.69, 9.17) is 4.74 Å². The first-order chi connectivity index (χ1) is 12.6. The summed E-state index contributed by atoms with van der Waals surface area (Å²) in [5, 5.41) is 1.90. The minimum atomic E-state index is -1.07. The van der Waals surface area contributed by atoms with Crippen LogP contribution >= 0.6 is 11.3 Å². The average molecular weight is 374 g/mol. The van der Waals surface area contributed by atoms with Crippen molar-refractivity contribution in [2.45, 2.75) is 32.1 Å². The molecule has 2 aliphatic heterocycles. The molecule has 7 heteroatoms. The molecule has 0 aromatic carbocycles. The normalized spacial score (nSPS) is 20.9. The zero-order chi connectivity index (χ0) is 18.4. The van der Waals surface area contributed by atoms with Crippen LogP contribution in [0.25, 0.3) is 0 Å². The van der Waals surface area contributed by atoms with E-state index in [2.05, 4.69) is 4.99 Å². The van der Waals surface area contributed by atoms with E-state index in [1.54, 1.807) is 11.0 Å². The Balaban J connectivity index is 1.51. The molecular weight excluding hydrogens is 352 g/mol. The molecule has 0 saturated carbocycles. The number of amides is 2. The molecule has 0 aliphatic carbocycles. The fourth-order valence-corrected chi connectivity index (χ4v) is 3.74. The van der Waals surface area contributed by atoms with Crippen LogP contribution in [0.15, 0.2) is 34.7 Å². The van der Waals surface area contributed by atoms with Crippen molar-refractivity contribution in [3.05, 3.63) is 34.5 Å². The molecule has 3 rings (SSSR count). The lowest BCUT2D eigenvalue weighted by Crippen LogP contribution is -2.38. The number of rotatable bonds is 4. The summed E-state index contributed by atoms with van der Waals surface area (Å²) >= 11 is 1.47. The first kappa shape index (κ1) is 18.5. The first-order valence-corrected chi connectivity index (χ1v) is 9.82. The summed E-state index contributed by atoms with van der Waals surface area (Å²) in [6, 6.07) is 3.74. The molecule has 1 saturated heterocycles. The summed E-state index contributed by atoms with van der Waals surface area (Å²) in [6.07, 6.45) is 8.55. The molecule has 1 unspecified atom stereocenters. The first-order valence-electron chi connectivity index (χ1n) is 8.94. The van der Waals surface area contributed by atoms with Crippen LogP contribution in [0.1, 0.15) is 37.0 Å². The Hall–Kier alpha value is -2.28. The summed E-state index contributed by atoms with van der Waals surface area (Å²) < 4.78 is 5.10. The van der Waals surface area contributed by atoms with Gasteiger partial charge in [0, 0.05) is 13.1 Å². The van der Waals surface area contributed by atoms with Crippen molar-refractivity contribution in [1.29, 1.82) is 0 Å². The number of ether oxygens (including phenoxy) is 1. The summed E-state index contributed by atoms with van der Waals surface area (Å²) in [5.41, 5.74) is 0.547. The third-order valence-electron chi connectivity index (χ3n) is 4.52. The van der Waals surface area contributed by atoms with Crippen LogP contribution in [0, 0.1) is 5.92 Å². The van der Waals surface area contributed by atoms with Crippen LogP contribution < -0.4 is 0 Å². The molecule has 0 N–H and O–H groups in total. The van der Waals surface area contributed by atoms with Gasteiger partial charge in [-0.3, -0.25) is 14.4 Å². The second-order valence-corrected chi connectivity index (χ2v) is 7.35. The molecule has 0 spiro atoms. The monoisotopic (exact) mass is 374 g/mol. The minimum Gasteiger partial charge on any atom is -0.455 e. The number of esters is 1. The van der Waals surface area contributed by atoms with Gasteiger partial charge in [0.25, 0.3) is 11.8 Å². The van der Waals surface area contributed by atoms with Crippen LogP contribution in [0.3, 0.4) is 0 Å². The highest BCUT2D eigenvalue weighted by molar-refractivity contribution is 7.12. The van der Waals surface area contributed by atoms with E-state index in [1.807, 2.05) is 17.5 Å². The number of allylic oxidation sites excluding steroid dienone is 1. The van der Waals surface area contributed by atoms with Crippen LogP contribution in [0.2, 0.25) is 0 Å². The fourth-order valence-electron chi connectivity index (χ4n) is 3.05. The molecule has 1 aromatic rings. The smallest absolute Gasteiger partial charge is 0.323 e. The fraction of sp³-hybridized carbons (Fsp3) is 0.474. The summed E-state index contributed by atoms with van der Waals surface area (Å²) in [7, 11) is 0. The van der Waals surface area contributed by atoms with Crippen LogP contribution in [-0.2, 0) is 19.1 Å². The number of nitrogens with zero attached hydrogens (tertiary/aromatic N) is 2. The Morgan fingerprint density at radius 3 is 2.58 bits per heavy atom. The second kappa shape index (κ2) is 8.89. The molecule has 0 radical (unpaired) electrons. The minimum absolute atomic E-state index is 0.199. The number of aliphatic imine (C=N–C) groups is 1. The van der Waals surface area contributed by atoms with Crippen LogP contribution in [0.5, 0.6) is 0 Å². The van der Waals surface area contributed by atoms with Gasteiger partial charge in [-0.25, -0.2) is 4.99 Å². The van der Waals surface area contributed by atoms with Gasteiger partial charge in [-0.05, 0) is 30.4 Å². The van der Waals surface area contributed by atoms with Crippen molar-refractivity contribution in [2.75, 3.05) is 19.7 Å². The van der Waals surface area contributed by atoms with E-state index in [0.717, 1.165) is 30.6 Å². The van der Waals surface area contributed by atoms with E-state index in [0.29, 0.717) is 18.8 Å². The van der Waals surface area contributed by atoms with Gasteiger partial charge in [0.1, 0.15) is 0 Å². The van der Waals surface area contributed by atoms with Gasteiger partial charge < -0.3 is 9.64 Å². The lowest BCUT2D eigenvalue weighted by atomic mass is 10.0. The van der Waals surface area contributed by atoms with Crippen LogP contribution in [-0.4, -0.2) is 48.1 Å². The van der Waals surface area contributed by atoms with E-state index in [9.17, 15) is 14.4 Å². The number of hydrogen-bond acceptors (Lipinski definition) is 5. The van der Waals surface area contributed by atoms with E-state index in [-0.39, 0.29) is 12.5 Å². The highest BCUT2D eigenvalue weighted by Crippen LogP contribution is 2.18. The number of carbonyl (C=O) groups excluding carboxylic acids is 3. The molecule has 6 nitrogen and oxygen atoms in total. The largest absolute Gasteiger partial charge is 0.455 e. The van der Waals surface area contributed by atoms with Gasteiger partial charge >= 0.3 is 5.97 Å². The highest BCUT2D eigenvalue weighted by Gasteiger charge is 2.29. The number of dihydropyridines is 1. The Kier molecular flexibility index (Phi) is 6.33. The molecule has 138 valence electrons. The zero-order valence-electron chi connectivity index (χ0n) is 14.6. The van der Waals surface area contributed by atoms with Crippen molar-refractivity contribution in [2.24, 2.45) is 10.9 Å². The van der Waals surface area contributed by atoms with Crippen molar-refractivity contribution >= 4 is 34.8 Å². The Morgan fingerprint density at radius 1 is 1.19 bits per heavy atom. The van der Waals surface area contributed by atoms with Gasteiger partial charge in [-0.15, -0.1) is 11.3 Å². The number of thiophene rings is 1. The molecule has 2 aliphatic rings. The van der Waals surface area contributed by atoms with Crippen molar-refractivity contribution < 1.29 is 19.1 Å². The molecule has 1 atom stereocenters. The average Bonchev–Trinajstić information content (AvgIpc) is 3.13. The van der Waals surface area contributed by atoms with Gasteiger partial charge in [-0.2, -0.15) is 0 Å². The Morgan fingerprint density at radius 2 is 1.92 bits per heavy atom. The third-order valence-corrected chi connectivity index (χ3v) is 5.41. The topological polar surface area (TPSA) is 76.0 Å². The van der Waals surface area contributed by atoms with Crippen molar-refractivity contribution in [3.8, 4) is 0 Å². The van der Waals surface area contributed by atoms with Crippen molar-refractivity contribution in [1.82, 2.24) is 4.90 Å².